The van der Waals surface area contributed by atoms with E-state index in [1.54, 1.807) is 4.68 Å². The lowest BCUT2D eigenvalue weighted by molar-refractivity contribution is -0.139. The summed E-state index contributed by atoms with van der Waals surface area (Å²) in [6, 6.07) is 29.7. The molecule has 5 aromatic rings. The number of nitrogens with two attached hydrogens (primary N) is 1. The highest BCUT2D eigenvalue weighted by molar-refractivity contribution is 5.91. The number of alkyl carbamates (subject to hydrolysis) is 1. The molecule has 0 saturated carbocycles. The van der Waals surface area contributed by atoms with Gasteiger partial charge in [-0.2, -0.15) is 0 Å². The van der Waals surface area contributed by atoms with Crippen LogP contribution in [0.4, 0.5) is 4.79 Å². The molecule has 7 rings (SSSR count). The first kappa shape index (κ1) is 32.0. The van der Waals surface area contributed by atoms with Crippen LogP contribution in [0.25, 0.3) is 22.2 Å². The second kappa shape index (κ2) is 13.9. The van der Waals surface area contributed by atoms with Gasteiger partial charge in [0, 0.05) is 26.1 Å². The summed E-state index contributed by atoms with van der Waals surface area (Å²) >= 11 is 0. The van der Waals surface area contributed by atoms with Crippen LogP contribution in [0, 0.1) is 0 Å². The highest BCUT2D eigenvalue weighted by atomic mass is 16.5. The Bertz CT molecular complexity index is 1950. The lowest BCUT2D eigenvalue weighted by Crippen LogP contribution is -2.51. The van der Waals surface area contributed by atoms with Crippen LogP contribution in [0.1, 0.15) is 41.0 Å². The van der Waals surface area contributed by atoms with Gasteiger partial charge in [-0.05, 0) is 64.8 Å². The molecule has 1 aromatic heterocycles. The summed E-state index contributed by atoms with van der Waals surface area (Å²) in [5, 5.41) is 14.1. The minimum Gasteiger partial charge on any atom is -0.449 e. The first-order valence-electron chi connectivity index (χ1n) is 16.6. The molecule has 2 heterocycles. The van der Waals surface area contributed by atoms with E-state index < -0.39 is 24.2 Å². The van der Waals surface area contributed by atoms with E-state index in [4.69, 9.17) is 10.5 Å². The number of nitrogens with one attached hydrogen (secondary N) is 2. The predicted molar refractivity (Wildman–Crippen MR) is 185 cm³/mol. The van der Waals surface area contributed by atoms with Crippen molar-refractivity contribution in [2.24, 2.45) is 12.8 Å². The van der Waals surface area contributed by atoms with Crippen LogP contribution in [0.2, 0.25) is 0 Å². The number of hydrogen-bond acceptors (Lipinski definition) is 7. The monoisotopic (exact) mass is 657 g/mol. The number of rotatable bonds is 10. The summed E-state index contributed by atoms with van der Waals surface area (Å²) in [5.74, 6) is -0.726. The molecule has 3 amide bonds. The molecule has 2 aliphatic rings. The molecule has 0 unspecified atom stereocenters. The van der Waals surface area contributed by atoms with Crippen molar-refractivity contribution in [1.82, 2.24) is 30.5 Å². The van der Waals surface area contributed by atoms with E-state index in [-0.39, 0.29) is 43.8 Å². The van der Waals surface area contributed by atoms with Crippen molar-refractivity contribution in [1.29, 1.82) is 0 Å². The van der Waals surface area contributed by atoms with Crippen molar-refractivity contribution < 1.29 is 19.1 Å². The number of likely N-dealkylation sites (tertiary alicyclic amines) is 1. The largest absolute Gasteiger partial charge is 0.449 e. The lowest BCUT2D eigenvalue weighted by atomic mass is 9.98. The number of benzene rings is 4. The molecular formula is C38H39N7O4. The summed E-state index contributed by atoms with van der Waals surface area (Å²) < 4.78 is 7.46. The van der Waals surface area contributed by atoms with Gasteiger partial charge in [-0.15, -0.1) is 5.10 Å². The predicted octanol–water partition coefficient (Wildman–Crippen LogP) is 4.05. The first-order valence-corrected chi connectivity index (χ1v) is 16.6. The third-order valence-corrected chi connectivity index (χ3v) is 9.60. The van der Waals surface area contributed by atoms with E-state index in [1.165, 1.54) is 4.90 Å². The SMILES string of the molecule is Cn1nnc2cc(CNC(=O)[C@@H]3C[C@H](NC(=O)OCC4c5ccccc5-c5ccccc54)CN3C(=O)[C@H](N)CCc3ccccc3)ccc21. The Labute approximate surface area is 284 Å². The van der Waals surface area contributed by atoms with Crippen LogP contribution in [0.15, 0.2) is 97.1 Å². The normalized spacial score (nSPS) is 17.4. The molecule has 1 aliphatic heterocycles. The van der Waals surface area contributed by atoms with E-state index in [0.717, 1.165) is 44.4 Å². The van der Waals surface area contributed by atoms with Crippen LogP contribution in [0.5, 0.6) is 0 Å². The summed E-state index contributed by atoms with van der Waals surface area (Å²) in [4.78, 5) is 42.1. The topological polar surface area (TPSA) is 144 Å². The molecule has 1 aliphatic carbocycles. The zero-order valence-electron chi connectivity index (χ0n) is 27.3. The van der Waals surface area contributed by atoms with Crippen LogP contribution in [-0.2, 0) is 34.3 Å². The smallest absolute Gasteiger partial charge is 0.407 e. The van der Waals surface area contributed by atoms with E-state index in [2.05, 4.69) is 45.2 Å². The molecule has 1 saturated heterocycles. The number of carbonyl (C=O) groups is 3. The number of aromatic nitrogens is 3. The van der Waals surface area contributed by atoms with Crippen LogP contribution < -0.4 is 16.4 Å². The van der Waals surface area contributed by atoms with Gasteiger partial charge in [0.2, 0.25) is 11.8 Å². The third kappa shape index (κ3) is 6.75. The van der Waals surface area contributed by atoms with Gasteiger partial charge in [0.05, 0.1) is 17.6 Å². The number of aryl methyl sites for hydroxylation is 2. The average molecular weight is 658 g/mol. The zero-order valence-corrected chi connectivity index (χ0v) is 27.3. The van der Waals surface area contributed by atoms with Gasteiger partial charge in [-0.1, -0.05) is 90.1 Å². The Morgan fingerprint density at radius 1 is 0.918 bits per heavy atom. The Kier molecular flexibility index (Phi) is 9.08. The van der Waals surface area contributed by atoms with Crippen molar-refractivity contribution in [3.8, 4) is 11.1 Å². The summed E-state index contributed by atoms with van der Waals surface area (Å²) in [5.41, 5.74) is 14.5. The van der Waals surface area contributed by atoms with Crippen molar-refractivity contribution in [3.63, 3.8) is 0 Å². The highest BCUT2D eigenvalue weighted by Crippen LogP contribution is 2.44. The van der Waals surface area contributed by atoms with E-state index >= 15 is 0 Å². The third-order valence-electron chi connectivity index (χ3n) is 9.60. The van der Waals surface area contributed by atoms with Gasteiger partial charge in [0.1, 0.15) is 18.2 Å². The molecule has 4 N–H and O–H groups in total. The number of hydrogen-bond donors (Lipinski definition) is 3. The van der Waals surface area contributed by atoms with E-state index in [9.17, 15) is 14.4 Å². The number of nitrogens with zero attached hydrogens (tertiary/aromatic N) is 4. The quantitative estimate of drug-likeness (QED) is 0.206. The van der Waals surface area contributed by atoms with Crippen LogP contribution in [-0.4, -0.2) is 69.1 Å². The maximum atomic E-state index is 13.7. The Hall–Kier alpha value is -5.55. The summed E-state index contributed by atoms with van der Waals surface area (Å²) in [6.07, 6.45) is 0.697. The highest BCUT2D eigenvalue weighted by Gasteiger charge is 2.42. The molecule has 4 aromatic carbocycles. The molecule has 0 bridgehead atoms. The molecule has 0 spiro atoms. The van der Waals surface area contributed by atoms with E-state index in [0.29, 0.717) is 12.8 Å². The molecule has 0 radical (unpaired) electrons. The average Bonchev–Trinajstić information content (AvgIpc) is 3.82. The number of ether oxygens (including phenoxy) is 1. The number of amides is 3. The maximum absolute atomic E-state index is 13.7. The minimum absolute atomic E-state index is 0.0815. The van der Waals surface area contributed by atoms with Gasteiger partial charge >= 0.3 is 6.09 Å². The van der Waals surface area contributed by atoms with E-state index in [1.807, 2.05) is 79.8 Å². The van der Waals surface area contributed by atoms with Gasteiger partial charge in [-0.25, -0.2) is 9.48 Å². The second-order valence-electron chi connectivity index (χ2n) is 12.8. The van der Waals surface area contributed by atoms with Crippen LogP contribution >= 0.6 is 0 Å². The molecule has 11 nitrogen and oxygen atoms in total. The molecular weight excluding hydrogens is 618 g/mol. The van der Waals surface area contributed by atoms with Crippen molar-refractivity contribution in [3.05, 3.63) is 119 Å². The summed E-state index contributed by atoms with van der Waals surface area (Å²) in [7, 11) is 1.82. The van der Waals surface area contributed by atoms with Gasteiger partial charge in [0.25, 0.3) is 0 Å². The van der Waals surface area contributed by atoms with Gasteiger partial charge in [0.15, 0.2) is 0 Å². The van der Waals surface area contributed by atoms with Gasteiger partial charge in [-0.3, -0.25) is 9.59 Å². The first-order chi connectivity index (χ1) is 23.9. The molecule has 49 heavy (non-hydrogen) atoms. The summed E-state index contributed by atoms with van der Waals surface area (Å²) in [6.45, 7) is 0.555. The standard InChI is InChI=1S/C38H39N7O4/c1-44-34-18-16-25(19-33(34)42-43-44)21-40-36(46)35-20-26(22-45(35)37(47)32(39)17-15-24-9-3-2-4-10-24)41-38(48)49-23-31-29-13-7-5-11-27(29)28-12-6-8-14-30(28)31/h2-14,16,18-19,26,31-32,35H,15,17,20-23,39H2,1H3,(H,40,46)(H,41,48)/t26-,32+,35-/m0/s1. The van der Waals surface area contributed by atoms with Crippen molar-refractivity contribution in [2.45, 2.75) is 49.9 Å². The molecule has 250 valence electrons. The zero-order chi connectivity index (χ0) is 33.9. The fourth-order valence-electron chi connectivity index (χ4n) is 7.05. The van der Waals surface area contributed by atoms with Crippen LogP contribution in [0.3, 0.4) is 0 Å². The van der Waals surface area contributed by atoms with Crippen molar-refractivity contribution >= 4 is 28.9 Å². The molecule has 3 atom stereocenters. The Morgan fingerprint density at radius 2 is 1.61 bits per heavy atom. The maximum Gasteiger partial charge on any atom is 0.407 e. The molecule has 1 fully saturated rings. The van der Waals surface area contributed by atoms with Crippen molar-refractivity contribution in [2.75, 3.05) is 13.2 Å². The Morgan fingerprint density at radius 3 is 2.35 bits per heavy atom. The fourth-order valence-corrected chi connectivity index (χ4v) is 7.05. The lowest BCUT2D eigenvalue weighted by Gasteiger charge is -2.26. The minimum atomic E-state index is -0.811. The fraction of sp³-hybridized carbons (Fsp3) is 0.289. The Balaban J connectivity index is 1.01. The molecule has 11 heteroatoms. The number of carbonyl (C=O) groups excluding carboxylic acids is 3. The second-order valence-corrected chi connectivity index (χ2v) is 12.8. The van der Waals surface area contributed by atoms with Gasteiger partial charge < -0.3 is 26.0 Å². The number of fused-ring (bicyclic) bond motifs is 4.